The van der Waals surface area contributed by atoms with E-state index >= 15 is 0 Å². The zero-order valence-corrected chi connectivity index (χ0v) is 28.6. The molecular weight excluding hydrogens is 643 g/mol. The largest absolute Gasteiger partial charge is 0.309 e. The van der Waals surface area contributed by atoms with E-state index in [1.807, 2.05) is 23.1 Å². The Labute approximate surface area is 299 Å². The quantitative estimate of drug-likeness (QED) is 0.184. The van der Waals surface area contributed by atoms with Gasteiger partial charge in [-0.3, -0.25) is 0 Å². The second-order valence-corrected chi connectivity index (χ2v) is 15.3. The predicted molar refractivity (Wildman–Crippen MR) is 213 cm³/mol. The van der Waals surface area contributed by atoms with E-state index in [2.05, 4.69) is 181 Å². The monoisotopic (exact) mass is 671 g/mol. The van der Waals surface area contributed by atoms with Crippen LogP contribution in [0.2, 0.25) is 0 Å². The minimum Gasteiger partial charge on any atom is -0.309 e. The molecule has 8 aromatic carbocycles. The molecule has 234 valence electrons. The van der Waals surface area contributed by atoms with Crippen molar-refractivity contribution in [2.24, 2.45) is 0 Å². The maximum atomic E-state index is 2.51. The second kappa shape index (κ2) is 10.7. The molecule has 0 saturated carbocycles. The zero-order chi connectivity index (χ0) is 32.8. The second-order valence-electron chi connectivity index (χ2n) is 13.2. The minimum atomic E-state index is -0.480. The van der Waals surface area contributed by atoms with Crippen molar-refractivity contribution in [1.82, 2.24) is 0 Å². The van der Waals surface area contributed by atoms with E-state index in [0.29, 0.717) is 0 Å². The Morgan fingerprint density at radius 3 is 1.92 bits per heavy atom. The molecule has 0 fully saturated rings. The molecule has 1 spiro atoms. The molecule has 2 aliphatic rings. The third kappa shape index (κ3) is 3.79. The summed E-state index contributed by atoms with van der Waals surface area (Å²) in [4.78, 5) is 5.11. The maximum Gasteiger partial charge on any atom is 0.0742 e. The molecule has 1 aromatic heterocycles. The smallest absolute Gasteiger partial charge is 0.0742 e. The van der Waals surface area contributed by atoms with Crippen LogP contribution >= 0.6 is 23.1 Å². The van der Waals surface area contributed by atoms with Gasteiger partial charge in [0.15, 0.2) is 0 Å². The molecule has 11 rings (SSSR count). The summed E-state index contributed by atoms with van der Waals surface area (Å²) in [5.74, 6) is 0. The van der Waals surface area contributed by atoms with Crippen LogP contribution in [0.1, 0.15) is 22.3 Å². The first-order valence-electron chi connectivity index (χ1n) is 17.1. The molecule has 0 N–H and O–H groups in total. The van der Waals surface area contributed by atoms with Crippen LogP contribution in [0.5, 0.6) is 0 Å². The van der Waals surface area contributed by atoms with Gasteiger partial charge in [-0.2, -0.15) is 0 Å². The van der Waals surface area contributed by atoms with Crippen LogP contribution in [0, 0.1) is 0 Å². The van der Waals surface area contributed by atoms with Crippen LogP contribution in [0.3, 0.4) is 0 Å². The Hall–Kier alpha value is -5.61. The van der Waals surface area contributed by atoms with Gasteiger partial charge in [0, 0.05) is 36.6 Å². The van der Waals surface area contributed by atoms with Gasteiger partial charge in [-0.15, -0.1) is 11.3 Å². The standard InChI is InChI=1S/C47H29NS2/c1-2-14-31(15-3-1)48(41-21-12-18-37-35-17-6-9-22-42(35)50-46(37)41)32-26-28-34-36-27-25-30-13-4-5-16-33(30)45(36)47(40(34)29-32)38-19-7-10-23-43(38)49-44-24-11-8-20-39(44)47/h1-29H. The third-order valence-corrected chi connectivity index (χ3v) is 13.1. The Bertz CT molecular complexity index is 2770. The molecule has 3 heteroatoms. The highest BCUT2D eigenvalue weighted by Gasteiger charge is 2.51. The lowest BCUT2D eigenvalue weighted by molar-refractivity contribution is 0.728. The highest BCUT2D eigenvalue weighted by atomic mass is 32.2. The van der Waals surface area contributed by atoms with Crippen LogP contribution in [0.15, 0.2) is 186 Å². The molecule has 1 nitrogen and oxygen atoms in total. The molecule has 0 radical (unpaired) electrons. The first-order valence-corrected chi connectivity index (χ1v) is 18.7. The molecular formula is C47H29NS2. The summed E-state index contributed by atoms with van der Waals surface area (Å²) in [6, 6.07) is 65.5. The van der Waals surface area contributed by atoms with Crippen LogP contribution < -0.4 is 4.90 Å². The molecule has 0 atom stereocenters. The van der Waals surface area contributed by atoms with Crippen LogP contribution in [0.4, 0.5) is 17.1 Å². The summed E-state index contributed by atoms with van der Waals surface area (Å²) in [5.41, 5.74) is 11.1. The van der Waals surface area contributed by atoms with Crippen LogP contribution in [-0.4, -0.2) is 0 Å². The van der Waals surface area contributed by atoms with Gasteiger partial charge in [0.25, 0.3) is 0 Å². The first kappa shape index (κ1) is 28.3. The highest BCUT2D eigenvalue weighted by Crippen LogP contribution is 2.64. The summed E-state index contributed by atoms with van der Waals surface area (Å²) in [6.07, 6.45) is 0. The van der Waals surface area contributed by atoms with E-state index in [1.54, 1.807) is 0 Å². The summed E-state index contributed by atoms with van der Waals surface area (Å²) in [5, 5.41) is 5.20. The van der Waals surface area contributed by atoms with Crippen molar-refractivity contribution in [3.05, 3.63) is 198 Å². The lowest BCUT2D eigenvalue weighted by Crippen LogP contribution is -2.32. The van der Waals surface area contributed by atoms with E-state index in [4.69, 9.17) is 0 Å². The topological polar surface area (TPSA) is 3.24 Å². The lowest BCUT2D eigenvalue weighted by Gasteiger charge is -2.40. The molecule has 2 heterocycles. The number of thiophene rings is 1. The average molecular weight is 672 g/mol. The number of anilines is 3. The van der Waals surface area contributed by atoms with Crippen molar-refractivity contribution in [3.63, 3.8) is 0 Å². The normalized spacial score (nSPS) is 13.7. The van der Waals surface area contributed by atoms with Gasteiger partial charge < -0.3 is 4.90 Å². The molecule has 0 amide bonds. The van der Waals surface area contributed by atoms with E-state index in [1.165, 1.54) is 79.8 Å². The van der Waals surface area contributed by atoms with Crippen LogP contribution in [-0.2, 0) is 5.41 Å². The fourth-order valence-corrected chi connectivity index (χ4v) is 11.1. The summed E-state index contributed by atoms with van der Waals surface area (Å²) in [6.45, 7) is 0. The zero-order valence-electron chi connectivity index (χ0n) is 27.0. The van der Waals surface area contributed by atoms with Gasteiger partial charge in [0.05, 0.1) is 15.8 Å². The van der Waals surface area contributed by atoms with Gasteiger partial charge in [-0.1, -0.05) is 139 Å². The Morgan fingerprint density at radius 2 is 1.10 bits per heavy atom. The molecule has 1 aliphatic carbocycles. The SMILES string of the molecule is c1ccc(N(c2ccc3c(c2)C2(c4ccccc4Sc4ccccc42)c2c-3ccc3ccccc23)c2cccc3c2sc2ccccc23)cc1. The molecule has 0 saturated heterocycles. The Balaban J connectivity index is 1.26. The van der Waals surface area contributed by atoms with Gasteiger partial charge in [-0.25, -0.2) is 0 Å². The Morgan fingerprint density at radius 1 is 0.440 bits per heavy atom. The van der Waals surface area contributed by atoms with Crippen molar-refractivity contribution in [1.29, 1.82) is 0 Å². The van der Waals surface area contributed by atoms with Crippen molar-refractivity contribution >= 4 is 71.1 Å². The summed E-state index contributed by atoms with van der Waals surface area (Å²) >= 11 is 3.78. The average Bonchev–Trinajstić information content (AvgIpc) is 3.70. The van der Waals surface area contributed by atoms with Crippen molar-refractivity contribution < 1.29 is 0 Å². The van der Waals surface area contributed by atoms with Crippen molar-refractivity contribution in [2.45, 2.75) is 15.2 Å². The van der Waals surface area contributed by atoms with E-state index in [-0.39, 0.29) is 0 Å². The van der Waals surface area contributed by atoms with E-state index in [9.17, 15) is 0 Å². The van der Waals surface area contributed by atoms with E-state index < -0.39 is 5.41 Å². The van der Waals surface area contributed by atoms with E-state index in [0.717, 1.165) is 11.4 Å². The molecule has 0 bridgehead atoms. The van der Waals surface area contributed by atoms with Crippen LogP contribution in [0.25, 0.3) is 42.1 Å². The van der Waals surface area contributed by atoms with Gasteiger partial charge in [0.1, 0.15) is 0 Å². The predicted octanol–water partition coefficient (Wildman–Crippen LogP) is 13.5. The highest BCUT2D eigenvalue weighted by molar-refractivity contribution is 7.99. The number of hydrogen-bond acceptors (Lipinski definition) is 3. The number of rotatable bonds is 3. The minimum absolute atomic E-state index is 0.480. The molecule has 50 heavy (non-hydrogen) atoms. The summed E-state index contributed by atoms with van der Waals surface area (Å²) in [7, 11) is 0. The molecule has 9 aromatic rings. The number of para-hydroxylation sites is 1. The Kier molecular flexibility index (Phi) is 6.04. The van der Waals surface area contributed by atoms with Crippen molar-refractivity contribution in [2.75, 3.05) is 4.90 Å². The fraction of sp³-hybridized carbons (Fsp3) is 0.0213. The number of hydrogen-bond donors (Lipinski definition) is 0. The third-order valence-electron chi connectivity index (χ3n) is 10.7. The number of benzene rings is 8. The summed E-state index contributed by atoms with van der Waals surface area (Å²) < 4.78 is 2.61. The molecule has 1 aliphatic heterocycles. The molecule has 0 unspecified atom stereocenters. The van der Waals surface area contributed by atoms with Gasteiger partial charge in [0.2, 0.25) is 0 Å². The maximum absolute atomic E-state index is 2.51. The van der Waals surface area contributed by atoms with Gasteiger partial charge >= 0.3 is 0 Å². The lowest BCUT2D eigenvalue weighted by atomic mass is 9.66. The first-order chi connectivity index (χ1) is 24.8. The number of nitrogens with zero attached hydrogens (tertiary/aromatic N) is 1. The number of fused-ring (bicyclic) bond motifs is 14. The van der Waals surface area contributed by atoms with Gasteiger partial charge in [-0.05, 0) is 92.7 Å². The fourth-order valence-electron chi connectivity index (χ4n) is 8.72. The van der Waals surface area contributed by atoms with Crippen molar-refractivity contribution in [3.8, 4) is 11.1 Å².